The Balaban J connectivity index is 3.41. The zero-order valence-electron chi connectivity index (χ0n) is 10.1. The number of halogens is 1. The van der Waals surface area contributed by atoms with E-state index in [4.69, 9.17) is 9.47 Å². The lowest BCUT2D eigenvalue weighted by Gasteiger charge is -2.17. The fraction of sp³-hybridized carbons (Fsp3) is 0.364. The first-order valence-electron chi connectivity index (χ1n) is 4.87. The van der Waals surface area contributed by atoms with Crippen molar-refractivity contribution >= 4 is 21.9 Å². The average molecular weight is 321 g/mol. The molecule has 0 radical (unpaired) electrons. The van der Waals surface area contributed by atoms with Crippen LogP contribution in [0.5, 0.6) is 17.2 Å². The summed E-state index contributed by atoms with van der Waals surface area (Å²) in [5.41, 5.74) is -0.0421. The largest absolute Gasteiger partial charge is 0.504 e. The number of aliphatic hydroxyl groups is 1. The lowest BCUT2D eigenvalue weighted by atomic mass is 10.1. The minimum Gasteiger partial charge on any atom is -0.504 e. The predicted octanol–water partition coefficient (Wildman–Crippen LogP) is 1.38. The Hall–Kier alpha value is -1.47. The number of hydrogen-bond acceptors (Lipinski definition) is 6. The molecule has 0 aliphatic heterocycles. The summed E-state index contributed by atoms with van der Waals surface area (Å²) in [5, 5.41) is 19.8. The average Bonchev–Trinajstić information content (AvgIpc) is 2.36. The first kappa shape index (κ1) is 14.6. The molecule has 0 aliphatic rings. The molecule has 6 nitrogen and oxygen atoms in total. The summed E-state index contributed by atoms with van der Waals surface area (Å²) in [6.45, 7) is 0. The number of carbonyl (C=O) groups excluding carboxylic acids is 1. The quantitative estimate of drug-likeness (QED) is 0.815. The maximum absolute atomic E-state index is 11.3. The van der Waals surface area contributed by atoms with Crippen LogP contribution in [0.1, 0.15) is 11.7 Å². The number of esters is 1. The third kappa shape index (κ3) is 2.51. The summed E-state index contributed by atoms with van der Waals surface area (Å²) in [4.78, 5) is 11.3. The lowest BCUT2D eigenvalue weighted by molar-refractivity contribution is -0.150. The van der Waals surface area contributed by atoms with Gasteiger partial charge in [0.1, 0.15) is 0 Å². The summed E-state index contributed by atoms with van der Waals surface area (Å²) < 4.78 is 14.7. The predicted molar refractivity (Wildman–Crippen MR) is 65.9 cm³/mol. The van der Waals surface area contributed by atoms with Crippen molar-refractivity contribution in [1.82, 2.24) is 0 Å². The molecule has 0 aromatic heterocycles. The molecule has 1 aromatic carbocycles. The zero-order chi connectivity index (χ0) is 13.9. The van der Waals surface area contributed by atoms with Crippen molar-refractivity contribution in [1.29, 1.82) is 0 Å². The standard InChI is InChI=1S/C11H13BrO6/c1-16-6-4-5(12)7(8(13)10(6)17-2)9(14)11(15)18-3/h4,9,13-14H,1-3H3. The van der Waals surface area contributed by atoms with Crippen molar-refractivity contribution in [3.8, 4) is 17.2 Å². The van der Waals surface area contributed by atoms with Crippen LogP contribution in [0.3, 0.4) is 0 Å². The lowest BCUT2D eigenvalue weighted by Crippen LogP contribution is -2.14. The van der Waals surface area contributed by atoms with Crippen LogP contribution >= 0.6 is 15.9 Å². The van der Waals surface area contributed by atoms with Crippen LogP contribution in [0.25, 0.3) is 0 Å². The van der Waals surface area contributed by atoms with Gasteiger partial charge in [-0.3, -0.25) is 0 Å². The number of carbonyl (C=O) groups is 1. The molecule has 0 spiro atoms. The van der Waals surface area contributed by atoms with Gasteiger partial charge in [0.25, 0.3) is 0 Å². The molecule has 0 saturated heterocycles. The monoisotopic (exact) mass is 320 g/mol. The fourth-order valence-corrected chi connectivity index (χ4v) is 2.06. The molecular weight excluding hydrogens is 308 g/mol. The minimum atomic E-state index is -1.62. The van der Waals surface area contributed by atoms with Gasteiger partial charge in [-0.25, -0.2) is 4.79 Å². The third-order valence-corrected chi connectivity index (χ3v) is 2.99. The van der Waals surface area contributed by atoms with E-state index in [0.29, 0.717) is 4.47 Å². The molecule has 0 saturated carbocycles. The molecule has 0 fully saturated rings. The molecule has 7 heteroatoms. The summed E-state index contributed by atoms with van der Waals surface area (Å²) in [6.07, 6.45) is -1.62. The summed E-state index contributed by atoms with van der Waals surface area (Å²) in [7, 11) is 3.87. The van der Waals surface area contributed by atoms with E-state index >= 15 is 0 Å². The number of hydrogen-bond donors (Lipinski definition) is 2. The van der Waals surface area contributed by atoms with E-state index in [1.165, 1.54) is 20.3 Å². The van der Waals surface area contributed by atoms with E-state index in [-0.39, 0.29) is 22.8 Å². The van der Waals surface area contributed by atoms with Crippen LogP contribution in [0.2, 0.25) is 0 Å². The Kier molecular flexibility index (Phi) is 4.80. The van der Waals surface area contributed by atoms with Gasteiger partial charge in [-0.1, -0.05) is 15.9 Å². The normalized spacial score (nSPS) is 11.8. The maximum atomic E-state index is 11.3. The highest BCUT2D eigenvalue weighted by Gasteiger charge is 2.28. The van der Waals surface area contributed by atoms with E-state index < -0.39 is 12.1 Å². The number of phenols is 1. The SMILES string of the molecule is COC(=O)C(O)c1c(Br)cc(OC)c(OC)c1O. The number of benzene rings is 1. The van der Waals surface area contributed by atoms with Crippen molar-refractivity contribution in [2.24, 2.45) is 0 Å². The van der Waals surface area contributed by atoms with Gasteiger partial charge < -0.3 is 24.4 Å². The highest BCUT2D eigenvalue weighted by atomic mass is 79.9. The maximum Gasteiger partial charge on any atom is 0.339 e. The highest BCUT2D eigenvalue weighted by Crippen LogP contribution is 2.45. The van der Waals surface area contributed by atoms with E-state index in [0.717, 1.165) is 7.11 Å². The van der Waals surface area contributed by atoms with Gasteiger partial charge in [0.05, 0.1) is 26.9 Å². The molecule has 0 bridgehead atoms. The Morgan fingerprint density at radius 2 is 1.94 bits per heavy atom. The van der Waals surface area contributed by atoms with Crippen molar-refractivity contribution in [2.45, 2.75) is 6.10 Å². The van der Waals surface area contributed by atoms with E-state index in [2.05, 4.69) is 20.7 Å². The summed E-state index contributed by atoms with van der Waals surface area (Å²) >= 11 is 3.14. The molecule has 18 heavy (non-hydrogen) atoms. The Labute approximate surface area is 112 Å². The van der Waals surface area contributed by atoms with Gasteiger partial charge in [0.15, 0.2) is 17.6 Å². The van der Waals surface area contributed by atoms with Crippen LogP contribution in [0.15, 0.2) is 10.5 Å². The highest BCUT2D eigenvalue weighted by molar-refractivity contribution is 9.10. The summed E-state index contributed by atoms with van der Waals surface area (Å²) in [5.74, 6) is -0.985. The third-order valence-electron chi connectivity index (χ3n) is 2.33. The van der Waals surface area contributed by atoms with E-state index in [9.17, 15) is 15.0 Å². The Morgan fingerprint density at radius 1 is 1.33 bits per heavy atom. The minimum absolute atomic E-state index is 0.0265. The van der Waals surface area contributed by atoms with Gasteiger partial charge in [-0.15, -0.1) is 0 Å². The number of rotatable bonds is 4. The first-order valence-corrected chi connectivity index (χ1v) is 5.66. The molecule has 2 N–H and O–H groups in total. The molecule has 100 valence electrons. The Morgan fingerprint density at radius 3 is 2.39 bits per heavy atom. The molecule has 0 heterocycles. The molecule has 1 atom stereocenters. The number of ether oxygens (including phenoxy) is 3. The number of methoxy groups -OCH3 is 3. The van der Waals surface area contributed by atoms with Crippen molar-refractivity contribution in [3.63, 3.8) is 0 Å². The van der Waals surface area contributed by atoms with Gasteiger partial charge in [-0.2, -0.15) is 0 Å². The number of aromatic hydroxyl groups is 1. The van der Waals surface area contributed by atoms with Gasteiger partial charge in [0.2, 0.25) is 5.75 Å². The van der Waals surface area contributed by atoms with E-state index in [1.807, 2.05) is 0 Å². The molecule has 1 rings (SSSR count). The van der Waals surface area contributed by atoms with Crippen molar-refractivity contribution in [3.05, 3.63) is 16.1 Å². The van der Waals surface area contributed by atoms with Gasteiger partial charge in [0, 0.05) is 4.47 Å². The second-order valence-electron chi connectivity index (χ2n) is 3.28. The van der Waals surface area contributed by atoms with Gasteiger partial charge in [-0.05, 0) is 6.07 Å². The second kappa shape index (κ2) is 5.92. The first-order chi connectivity index (χ1) is 8.47. The molecule has 0 aliphatic carbocycles. The number of aliphatic hydroxyl groups excluding tert-OH is 1. The van der Waals surface area contributed by atoms with Gasteiger partial charge >= 0.3 is 5.97 Å². The van der Waals surface area contributed by atoms with Crippen LogP contribution in [0, 0.1) is 0 Å². The molecule has 1 aromatic rings. The molecular formula is C11H13BrO6. The molecule has 1 unspecified atom stereocenters. The molecule has 0 amide bonds. The van der Waals surface area contributed by atoms with Crippen LogP contribution in [-0.4, -0.2) is 37.5 Å². The topological polar surface area (TPSA) is 85.2 Å². The second-order valence-corrected chi connectivity index (χ2v) is 4.14. The Bertz CT molecular complexity index is 459. The van der Waals surface area contributed by atoms with Crippen LogP contribution in [-0.2, 0) is 9.53 Å². The van der Waals surface area contributed by atoms with E-state index in [1.54, 1.807) is 0 Å². The smallest absolute Gasteiger partial charge is 0.339 e. The van der Waals surface area contributed by atoms with Crippen molar-refractivity contribution < 1.29 is 29.2 Å². The van der Waals surface area contributed by atoms with Crippen molar-refractivity contribution in [2.75, 3.05) is 21.3 Å². The fourth-order valence-electron chi connectivity index (χ4n) is 1.45. The van der Waals surface area contributed by atoms with Crippen LogP contribution in [0.4, 0.5) is 0 Å². The van der Waals surface area contributed by atoms with Crippen LogP contribution < -0.4 is 9.47 Å². The summed E-state index contributed by atoms with van der Waals surface area (Å²) in [6, 6.07) is 1.47. The number of phenolic OH excluding ortho intramolecular Hbond substituents is 1. The zero-order valence-corrected chi connectivity index (χ0v) is 11.6.